The van der Waals surface area contributed by atoms with Gasteiger partial charge in [0, 0.05) is 12.5 Å². The van der Waals surface area contributed by atoms with Crippen LogP contribution in [0.1, 0.15) is 30.5 Å². The predicted molar refractivity (Wildman–Crippen MR) is 110 cm³/mol. The molecular formula is C23H28F3NO2. The molecule has 0 radical (unpaired) electrons. The van der Waals surface area contributed by atoms with Crippen LogP contribution >= 0.6 is 0 Å². The van der Waals surface area contributed by atoms with Crippen molar-refractivity contribution in [3.05, 3.63) is 70.8 Å². The van der Waals surface area contributed by atoms with Gasteiger partial charge in [-0.1, -0.05) is 37.3 Å². The van der Waals surface area contributed by atoms with E-state index in [2.05, 4.69) is 0 Å². The molecule has 1 N–H and O–H groups in total. The fourth-order valence-corrected chi connectivity index (χ4v) is 3.57. The SMILES string of the molecule is COc1ccc(/C=C(\C)C(O)(c2cccc(C(F)(F)F)c2)C(C)CN(C)C)cc1. The maximum absolute atomic E-state index is 13.3. The zero-order chi connectivity index (χ0) is 21.8. The topological polar surface area (TPSA) is 32.7 Å². The summed E-state index contributed by atoms with van der Waals surface area (Å²) < 4.78 is 45.0. The summed E-state index contributed by atoms with van der Waals surface area (Å²) in [5, 5.41) is 11.7. The number of rotatable bonds is 7. The monoisotopic (exact) mass is 407 g/mol. The number of alkyl halides is 3. The molecule has 6 heteroatoms. The number of nitrogens with zero attached hydrogens (tertiary/aromatic N) is 1. The van der Waals surface area contributed by atoms with E-state index < -0.39 is 17.3 Å². The van der Waals surface area contributed by atoms with E-state index in [0.29, 0.717) is 17.9 Å². The van der Waals surface area contributed by atoms with Crippen LogP contribution in [0, 0.1) is 5.92 Å². The standard InChI is InChI=1S/C23H28F3NO2/c1-16(13-18-9-11-21(29-5)12-10-18)22(28,17(2)15-27(3)4)19-7-6-8-20(14-19)23(24,25)26/h6-14,17,28H,15H2,1-5H3/b16-13+. The van der Waals surface area contributed by atoms with Gasteiger partial charge in [0.2, 0.25) is 0 Å². The lowest BCUT2D eigenvalue weighted by molar-refractivity contribution is -0.137. The van der Waals surface area contributed by atoms with Crippen molar-refractivity contribution in [3.63, 3.8) is 0 Å². The van der Waals surface area contributed by atoms with Crippen LogP contribution in [0.15, 0.2) is 54.1 Å². The molecule has 0 amide bonds. The van der Waals surface area contributed by atoms with Gasteiger partial charge in [0.25, 0.3) is 0 Å². The van der Waals surface area contributed by atoms with Gasteiger partial charge in [0.05, 0.1) is 12.7 Å². The maximum Gasteiger partial charge on any atom is 0.416 e. The zero-order valence-corrected chi connectivity index (χ0v) is 17.4. The Morgan fingerprint density at radius 2 is 1.69 bits per heavy atom. The first-order valence-corrected chi connectivity index (χ1v) is 9.36. The fraction of sp³-hybridized carbons (Fsp3) is 0.391. The Bertz CT molecular complexity index is 844. The molecular weight excluding hydrogens is 379 g/mol. The summed E-state index contributed by atoms with van der Waals surface area (Å²) in [5.74, 6) is 0.351. The molecule has 0 aromatic heterocycles. The average Bonchev–Trinajstić information content (AvgIpc) is 2.66. The normalized spacial score (nSPS) is 15.9. The van der Waals surface area contributed by atoms with Gasteiger partial charge in [-0.05, 0) is 62.0 Å². The summed E-state index contributed by atoms with van der Waals surface area (Å²) in [7, 11) is 5.31. The van der Waals surface area contributed by atoms with Gasteiger partial charge in [-0.15, -0.1) is 0 Å². The van der Waals surface area contributed by atoms with E-state index in [4.69, 9.17) is 4.74 Å². The molecule has 0 spiro atoms. The molecule has 2 aromatic rings. The summed E-state index contributed by atoms with van der Waals surface area (Å²) in [6, 6.07) is 12.2. The molecule has 2 atom stereocenters. The Hall–Kier alpha value is -2.31. The van der Waals surface area contributed by atoms with Crippen molar-refractivity contribution < 1.29 is 23.0 Å². The minimum Gasteiger partial charge on any atom is -0.497 e. The molecule has 0 aliphatic carbocycles. The lowest BCUT2D eigenvalue weighted by Gasteiger charge is -2.37. The number of halogens is 3. The minimum atomic E-state index is -4.48. The molecule has 0 bridgehead atoms. The number of aliphatic hydroxyl groups is 1. The van der Waals surface area contributed by atoms with Crippen molar-refractivity contribution in [3.8, 4) is 5.75 Å². The number of methoxy groups -OCH3 is 1. The first-order valence-electron chi connectivity index (χ1n) is 9.36. The molecule has 0 aliphatic rings. The van der Waals surface area contributed by atoms with Gasteiger partial charge in [0.15, 0.2) is 0 Å². The van der Waals surface area contributed by atoms with E-state index in [0.717, 1.165) is 17.7 Å². The average molecular weight is 407 g/mol. The van der Waals surface area contributed by atoms with Crippen LogP contribution < -0.4 is 4.74 Å². The first kappa shape index (κ1) is 23.0. The lowest BCUT2D eigenvalue weighted by atomic mass is 9.76. The summed E-state index contributed by atoms with van der Waals surface area (Å²) >= 11 is 0. The maximum atomic E-state index is 13.3. The Kier molecular flexibility index (Phi) is 7.14. The fourth-order valence-electron chi connectivity index (χ4n) is 3.57. The summed E-state index contributed by atoms with van der Waals surface area (Å²) in [4.78, 5) is 1.91. The molecule has 158 valence electrons. The van der Waals surface area contributed by atoms with Crippen molar-refractivity contribution in [2.45, 2.75) is 25.6 Å². The predicted octanol–water partition coefficient (Wildman–Crippen LogP) is 5.20. The largest absolute Gasteiger partial charge is 0.497 e. The third kappa shape index (κ3) is 5.40. The lowest BCUT2D eigenvalue weighted by Crippen LogP contribution is -2.40. The second-order valence-corrected chi connectivity index (χ2v) is 7.61. The van der Waals surface area contributed by atoms with Crippen molar-refractivity contribution in [2.24, 2.45) is 5.92 Å². The number of ether oxygens (including phenoxy) is 1. The van der Waals surface area contributed by atoms with Gasteiger partial charge in [-0.25, -0.2) is 0 Å². The third-order valence-corrected chi connectivity index (χ3v) is 5.08. The molecule has 0 fully saturated rings. The molecule has 0 saturated carbocycles. The Morgan fingerprint density at radius 3 is 2.21 bits per heavy atom. The van der Waals surface area contributed by atoms with Crippen molar-refractivity contribution in [1.82, 2.24) is 4.90 Å². The summed E-state index contributed by atoms with van der Waals surface area (Å²) in [6.07, 6.45) is -2.68. The highest BCUT2D eigenvalue weighted by atomic mass is 19.4. The number of hydrogen-bond acceptors (Lipinski definition) is 3. The van der Waals surface area contributed by atoms with E-state index in [9.17, 15) is 18.3 Å². The van der Waals surface area contributed by atoms with Crippen LogP contribution in [0.3, 0.4) is 0 Å². The third-order valence-electron chi connectivity index (χ3n) is 5.08. The van der Waals surface area contributed by atoms with Gasteiger partial charge in [-0.2, -0.15) is 13.2 Å². The van der Waals surface area contributed by atoms with Crippen LogP contribution in [0.5, 0.6) is 5.75 Å². The number of hydrogen-bond donors (Lipinski definition) is 1. The van der Waals surface area contributed by atoms with E-state index in [-0.39, 0.29) is 11.5 Å². The Labute approximate surface area is 170 Å². The molecule has 2 rings (SSSR count). The number of benzene rings is 2. The molecule has 2 aromatic carbocycles. The molecule has 29 heavy (non-hydrogen) atoms. The molecule has 0 saturated heterocycles. The van der Waals surface area contributed by atoms with Crippen molar-refractivity contribution in [2.75, 3.05) is 27.7 Å². The van der Waals surface area contributed by atoms with Crippen molar-refractivity contribution in [1.29, 1.82) is 0 Å². The first-order chi connectivity index (χ1) is 13.5. The van der Waals surface area contributed by atoms with Crippen LogP contribution in [-0.4, -0.2) is 37.8 Å². The van der Waals surface area contributed by atoms with Crippen LogP contribution in [0.2, 0.25) is 0 Å². The second kappa shape index (κ2) is 9.01. The molecule has 2 unspecified atom stereocenters. The zero-order valence-electron chi connectivity index (χ0n) is 17.4. The van der Waals surface area contributed by atoms with E-state index >= 15 is 0 Å². The molecule has 3 nitrogen and oxygen atoms in total. The van der Waals surface area contributed by atoms with Gasteiger partial charge >= 0.3 is 6.18 Å². The highest BCUT2D eigenvalue weighted by molar-refractivity contribution is 5.57. The summed E-state index contributed by atoms with van der Waals surface area (Å²) in [5.41, 5.74) is -0.723. The van der Waals surface area contributed by atoms with Gasteiger partial charge < -0.3 is 14.7 Å². The van der Waals surface area contributed by atoms with Crippen molar-refractivity contribution >= 4 is 6.08 Å². The molecule has 0 heterocycles. The Morgan fingerprint density at radius 1 is 1.10 bits per heavy atom. The summed E-state index contributed by atoms with van der Waals surface area (Å²) in [6.45, 7) is 4.09. The molecule has 0 aliphatic heterocycles. The quantitative estimate of drug-likeness (QED) is 0.685. The van der Waals surface area contributed by atoms with E-state index in [1.807, 2.05) is 38.1 Å². The van der Waals surface area contributed by atoms with Crippen LogP contribution in [0.4, 0.5) is 13.2 Å². The van der Waals surface area contributed by atoms with E-state index in [1.54, 1.807) is 38.3 Å². The minimum absolute atomic E-state index is 0.226. The van der Waals surface area contributed by atoms with Crippen LogP contribution in [0.25, 0.3) is 6.08 Å². The van der Waals surface area contributed by atoms with Gasteiger partial charge in [-0.3, -0.25) is 0 Å². The second-order valence-electron chi connectivity index (χ2n) is 7.61. The van der Waals surface area contributed by atoms with Gasteiger partial charge in [0.1, 0.15) is 11.4 Å². The van der Waals surface area contributed by atoms with Crippen LogP contribution in [-0.2, 0) is 11.8 Å². The Balaban J connectivity index is 2.57. The highest BCUT2D eigenvalue weighted by Gasteiger charge is 2.39. The highest BCUT2D eigenvalue weighted by Crippen LogP contribution is 2.40. The smallest absolute Gasteiger partial charge is 0.416 e. The van der Waals surface area contributed by atoms with E-state index in [1.165, 1.54) is 6.07 Å².